The predicted octanol–water partition coefficient (Wildman–Crippen LogP) is 6.01. The number of hydrogen-bond donors (Lipinski definition) is 1. The summed E-state index contributed by atoms with van der Waals surface area (Å²) in [5, 5.41) is 3.84. The standard InChI is InChI=1S/C28H30Cl2N2O2/c1-19(2)31-28(34)26(16-21-7-5-4-6-8-21)32(18-22-11-9-20(3)10-12-22)27(33)17-23-13-14-24(29)25(30)15-23/h4-15,19,26H,16-18H2,1-3H3,(H,31,34)/t26-/m0/s1. The van der Waals surface area contributed by atoms with Crippen LogP contribution in [0.1, 0.15) is 36.1 Å². The van der Waals surface area contributed by atoms with Crippen molar-refractivity contribution >= 4 is 35.0 Å². The Morgan fingerprint density at radius 2 is 1.50 bits per heavy atom. The van der Waals surface area contributed by atoms with E-state index in [9.17, 15) is 9.59 Å². The molecule has 0 aliphatic heterocycles. The molecule has 0 fully saturated rings. The first-order chi connectivity index (χ1) is 16.2. The van der Waals surface area contributed by atoms with Crippen LogP contribution in [0.2, 0.25) is 10.0 Å². The van der Waals surface area contributed by atoms with Gasteiger partial charge in [-0.2, -0.15) is 0 Å². The molecular weight excluding hydrogens is 467 g/mol. The molecule has 1 atom stereocenters. The van der Waals surface area contributed by atoms with Crippen LogP contribution in [0.25, 0.3) is 0 Å². The summed E-state index contributed by atoms with van der Waals surface area (Å²) in [5.74, 6) is -0.327. The minimum atomic E-state index is -0.665. The molecule has 0 saturated heterocycles. The van der Waals surface area contributed by atoms with Crippen molar-refractivity contribution in [1.29, 1.82) is 0 Å². The number of nitrogens with one attached hydrogen (secondary N) is 1. The van der Waals surface area contributed by atoms with Gasteiger partial charge in [-0.25, -0.2) is 0 Å². The molecule has 0 spiro atoms. The topological polar surface area (TPSA) is 49.4 Å². The number of carbonyl (C=O) groups is 2. The van der Waals surface area contributed by atoms with Gasteiger partial charge < -0.3 is 10.2 Å². The van der Waals surface area contributed by atoms with E-state index in [0.717, 1.165) is 22.3 Å². The van der Waals surface area contributed by atoms with Gasteiger partial charge in [0.05, 0.1) is 16.5 Å². The number of nitrogens with zero attached hydrogens (tertiary/aromatic N) is 1. The summed E-state index contributed by atoms with van der Waals surface area (Å²) in [6.07, 6.45) is 0.529. The molecule has 3 aromatic carbocycles. The smallest absolute Gasteiger partial charge is 0.243 e. The van der Waals surface area contributed by atoms with Crippen LogP contribution in [0, 0.1) is 6.92 Å². The van der Waals surface area contributed by atoms with Crippen molar-refractivity contribution in [2.45, 2.75) is 52.2 Å². The fourth-order valence-corrected chi connectivity index (χ4v) is 4.07. The molecule has 3 rings (SSSR count). The van der Waals surface area contributed by atoms with Gasteiger partial charge in [0.2, 0.25) is 11.8 Å². The van der Waals surface area contributed by atoms with Gasteiger partial charge in [-0.1, -0.05) is 89.4 Å². The van der Waals surface area contributed by atoms with Crippen molar-refractivity contribution in [3.05, 3.63) is 105 Å². The minimum absolute atomic E-state index is 0.0443. The molecule has 3 aromatic rings. The molecule has 4 nitrogen and oxygen atoms in total. The van der Waals surface area contributed by atoms with Gasteiger partial charge in [-0.15, -0.1) is 0 Å². The molecular formula is C28H30Cl2N2O2. The number of carbonyl (C=O) groups excluding carboxylic acids is 2. The lowest BCUT2D eigenvalue weighted by molar-refractivity contribution is -0.141. The Bertz CT molecular complexity index is 1120. The quantitative estimate of drug-likeness (QED) is 0.394. The van der Waals surface area contributed by atoms with Gasteiger partial charge in [-0.05, 0) is 49.6 Å². The van der Waals surface area contributed by atoms with E-state index in [0.29, 0.717) is 23.0 Å². The zero-order valence-electron chi connectivity index (χ0n) is 19.7. The van der Waals surface area contributed by atoms with E-state index in [2.05, 4.69) is 5.32 Å². The molecule has 1 N–H and O–H groups in total. The van der Waals surface area contributed by atoms with Gasteiger partial charge in [0.1, 0.15) is 6.04 Å². The molecule has 6 heteroatoms. The molecule has 0 radical (unpaired) electrons. The SMILES string of the molecule is Cc1ccc(CN(C(=O)Cc2ccc(Cl)c(Cl)c2)[C@@H](Cc2ccccc2)C(=O)NC(C)C)cc1. The fraction of sp³-hybridized carbons (Fsp3) is 0.286. The lowest BCUT2D eigenvalue weighted by atomic mass is 10.0. The normalized spacial score (nSPS) is 11.8. The average molecular weight is 497 g/mol. The van der Waals surface area contributed by atoms with E-state index in [1.165, 1.54) is 0 Å². The van der Waals surface area contributed by atoms with Crippen LogP contribution in [0.15, 0.2) is 72.8 Å². The number of halogens is 2. The number of aryl methyl sites for hydroxylation is 1. The highest BCUT2D eigenvalue weighted by molar-refractivity contribution is 6.42. The Kier molecular flexibility index (Phi) is 9.14. The minimum Gasteiger partial charge on any atom is -0.352 e. The highest BCUT2D eigenvalue weighted by Crippen LogP contribution is 2.24. The molecule has 2 amide bonds. The third kappa shape index (κ3) is 7.34. The Morgan fingerprint density at radius 3 is 2.12 bits per heavy atom. The second kappa shape index (κ2) is 12.0. The molecule has 0 saturated carbocycles. The zero-order chi connectivity index (χ0) is 24.7. The number of rotatable bonds is 9. The molecule has 0 unspecified atom stereocenters. The Hall–Kier alpha value is -2.82. The molecule has 0 aliphatic rings. The third-order valence-electron chi connectivity index (χ3n) is 5.51. The first kappa shape index (κ1) is 25.8. The van der Waals surface area contributed by atoms with Gasteiger partial charge in [0.15, 0.2) is 0 Å². The van der Waals surface area contributed by atoms with Crippen molar-refractivity contribution in [3.8, 4) is 0 Å². The maximum Gasteiger partial charge on any atom is 0.243 e. The lowest BCUT2D eigenvalue weighted by Gasteiger charge is -2.32. The van der Waals surface area contributed by atoms with E-state index < -0.39 is 6.04 Å². The second-order valence-electron chi connectivity index (χ2n) is 8.80. The fourth-order valence-electron chi connectivity index (χ4n) is 3.75. The maximum atomic E-state index is 13.7. The first-order valence-corrected chi connectivity index (χ1v) is 12.1. The second-order valence-corrected chi connectivity index (χ2v) is 9.62. The molecule has 0 bridgehead atoms. The lowest BCUT2D eigenvalue weighted by Crippen LogP contribution is -2.52. The van der Waals surface area contributed by atoms with Crippen LogP contribution in [0.5, 0.6) is 0 Å². The van der Waals surface area contributed by atoms with Crippen molar-refractivity contribution < 1.29 is 9.59 Å². The van der Waals surface area contributed by atoms with E-state index in [1.54, 1.807) is 23.1 Å². The first-order valence-electron chi connectivity index (χ1n) is 11.4. The largest absolute Gasteiger partial charge is 0.352 e. The Balaban J connectivity index is 1.97. The highest BCUT2D eigenvalue weighted by Gasteiger charge is 2.30. The summed E-state index contributed by atoms with van der Waals surface area (Å²) in [7, 11) is 0. The Labute approximate surface area is 211 Å². The maximum absolute atomic E-state index is 13.7. The summed E-state index contributed by atoms with van der Waals surface area (Å²) in [6, 6.07) is 22.2. The summed E-state index contributed by atoms with van der Waals surface area (Å²) in [5.41, 5.74) is 3.83. The highest BCUT2D eigenvalue weighted by atomic mass is 35.5. The summed E-state index contributed by atoms with van der Waals surface area (Å²) < 4.78 is 0. The monoisotopic (exact) mass is 496 g/mol. The molecule has 0 aliphatic carbocycles. The van der Waals surface area contributed by atoms with Crippen molar-refractivity contribution in [1.82, 2.24) is 10.2 Å². The van der Waals surface area contributed by atoms with Crippen molar-refractivity contribution in [3.63, 3.8) is 0 Å². The van der Waals surface area contributed by atoms with E-state index in [1.807, 2.05) is 75.4 Å². The summed E-state index contributed by atoms with van der Waals surface area (Å²) in [4.78, 5) is 28.7. The molecule has 0 heterocycles. The van der Waals surface area contributed by atoms with Crippen molar-refractivity contribution in [2.24, 2.45) is 0 Å². The zero-order valence-corrected chi connectivity index (χ0v) is 21.2. The van der Waals surface area contributed by atoms with Crippen LogP contribution < -0.4 is 5.32 Å². The molecule has 34 heavy (non-hydrogen) atoms. The van der Waals surface area contributed by atoms with Crippen LogP contribution in [0.3, 0.4) is 0 Å². The predicted molar refractivity (Wildman–Crippen MR) is 139 cm³/mol. The van der Waals surface area contributed by atoms with E-state index in [-0.39, 0.29) is 24.3 Å². The molecule has 0 aromatic heterocycles. The van der Waals surface area contributed by atoms with Gasteiger partial charge in [0, 0.05) is 19.0 Å². The van der Waals surface area contributed by atoms with Crippen molar-refractivity contribution in [2.75, 3.05) is 0 Å². The van der Waals surface area contributed by atoms with Gasteiger partial charge >= 0.3 is 0 Å². The Morgan fingerprint density at radius 1 is 0.853 bits per heavy atom. The summed E-state index contributed by atoms with van der Waals surface area (Å²) >= 11 is 12.2. The number of benzene rings is 3. The number of amides is 2. The van der Waals surface area contributed by atoms with E-state index in [4.69, 9.17) is 23.2 Å². The van der Waals surface area contributed by atoms with Gasteiger partial charge in [0.25, 0.3) is 0 Å². The van der Waals surface area contributed by atoms with Crippen LogP contribution in [-0.4, -0.2) is 28.8 Å². The summed E-state index contributed by atoms with van der Waals surface area (Å²) in [6.45, 7) is 6.17. The number of hydrogen-bond acceptors (Lipinski definition) is 2. The molecule has 178 valence electrons. The van der Waals surface area contributed by atoms with Gasteiger partial charge in [-0.3, -0.25) is 9.59 Å². The van der Waals surface area contributed by atoms with Crippen LogP contribution >= 0.6 is 23.2 Å². The van der Waals surface area contributed by atoms with Crippen LogP contribution in [-0.2, 0) is 29.0 Å². The van der Waals surface area contributed by atoms with Crippen LogP contribution in [0.4, 0.5) is 0 Å². The average Bonchev–Trinajstić information content (AvgIpc) is 2.80. The third-order valence-corrected chi connectivity index (χ3v) is 6.25. The van der Waals surface area contributed by atoms with E-state index >= 15 is 0 Å².